The molecule has 2 heterocycles. The maximum absolute atomic E-state index is 10.6. The lowest BCUT2D eigenvalue weighted by atomic mass is 10.0. The average Bonchev–Trinajstić information content (AvgIpc) is 3.04. The molecule has 0 radical (unpaired) electrons. The maximum Gasteiger partial charge on any atom is 0.303 e. The first-order valence-corrected chi connectivity index (χ1v) is 5.81. The largest absolute Gasteiger partial charge is 0.481 e. The number of aromatic nitrogens is 3. The van der Waals surface area contributed by atoms with Gasteiger partial charge >= 0.3 is 5.97 Å². The number of nitrogens with one attached hydrogen (secondary N) is 1. The summed E-state index contributed by atoms with van der Waals surface area (Å²) < 4.78 is 5.26. The highest BCUT2D eigenvalue weighted by Crippen LogP contribution is 2.25. The standard InChI is InChI=1S/C13H11N3O3/c17-12(18)4-2-9-6-15-16-13(9)8-1-3-10-11(5-8)19-7-14-10/h1,3,5-7H,2,4H2,(H,15,16)(H,17,18). The number of aryl methyl sites for hydroxylation is 1. The zero-order valence-corrected chi connectivity index (χ0v) is 9.96. The molecule has 0 aliphatic rings. The van der Waals surface area contributed by atoms with Crippen LogP contribution in [0.2, 0.25) is 0 Å². The smallest absolute Gasteiger partial charge is 0.303 e. The number of hydrogen-bond acceptors (Lipinski definition) is 4. The molecule has 0 saturated carbocycles. The van der Waals surface area contributed by atoms with Crippen molar-refractivity contribution in [1.29, 1.82) is 0 Å². The van der Waals surface area contributed by atoms with Crippen LogP contribution < -0.4 is 0 Å². The molecule has 0 bridgehead atoms. The summed E-state index contributed by atoms with van der Waals surface area (Å²) in [6.07, 6.45) is 3.57. The first-order valence-electron chi connectivity index (χ1n) is 5.81. The number of fused-ring (bicyclic) bond motifs is 1. The van der Waals surface area contributed by atoms with Crippen LogP contribution in [0.4, 0.5) is 0 Å². The third kappa shape index (κ3) is 2.20. The molecule has 1 aromatic carbocycles. The highest BCUT2D eigenvalue weighted by atomic mass is 16.4. The van der Waals surface area contributed by atoms with Gasteiger partial charge < -0.3 is 9.52 Å². The van der Waals surface area contributed by atoms with Gasteiger partial charge in [-0.1, -0.05) is 6.07 Å². The normalized spacial score (nSPS) is 10.9. The Balaban J connectivity index is 1.96. The number of H-pyrrole nitrogens is 1. The highest BCUT2D eigenvalue weighted by molar-refractivity contribution is 5.79. The first-order chi connectivity index (χ1) is 9.24. The van der Waals surface area contributed by atoms with Crippen molar-refractivity contribution in [2.24, 2.45) is 0 Å². The molecule has 6 heteroatoms. The van der Waals surface area contributed by atoms with Gasteiger partial charge in [-0.25, -0.2) is 4.98 Å². The van der Waals surface area contributed by atoms with Gasteiger partial charge in [-0.15, -0.1) is 0 Å². The van der Waals surface area contributed by atoms with Gasteiger partial charge in [0.2, 0.25) is 0 Å². The third-order valence-electron chi connectivity index (χ3n) is 2.95. The van der Waals surface area contributed by atoms with E-state index in [0.29, 0.717) is 12.0 Å². The number of carboxylic acid groups (broad SMARTS) is 1. The van der Waals surface area contributed by atoms with E-state index >= 15 is 0 Å². The second-order valence-corrected chi connectivity index (χ2v) is 4.20. The van der Waals surface area contributed by atoms with E-state index in [1.54, 1.807) is 6.20 Å². The molecule has 0 spiro atoms. The number of carboxylic acids is 1. The van der Waals surface area contributed by atoms with Gasteiger partial charge in [0.05, 0.1) is 11.9 Å². The van der Waals surface area contributed by atoms with Gasteiger partial charge in [0.25, 0.3) is 0 Å². The van der Waals surface area contributed by atoms with Gasteiger partial charge in [-0.2, -0.15) is 5.10 Å². The van der Waals surface area contributed by atoms with Crippen molar-refractivity contribution in [2.75, 3.05) is 0 Å². The van der Waals surface area contributed by atoms with Gasteiger partial charge in [0.1, 0.15) is 5.52 Å². The Morgan fingerprint density at radius 1 is 1.42 bits per heavy atom. The number of benzene rings is 1. The summed E-state index contributed by atoms with van der Waals surface area (Å²) in [6.45, 7) is 0. The molecular formula is C13H11N3O3. The molecule has 19 heavy (non-hydrogen) atoms. The Morgan fingerprint density at radius 3 is 3.16 bits per heavy atom. The van der Waals surface area contributed by atoms with Crippen LogP contribution in [0, 0.1) is 0 Å². The van der Waals surface area contributed by atoms with Crippen molar-refractivity contribution in [3.63, 3.8) is 0 Å². The minimum Gasteiger partial charge on any atom is -0.481 e. The molecule has 0 fully saturated rings. The van der Waals surface area contributed by atoms with Crippen LogP contribution in [-0.4, -0.2) is 26.3 Å². The topological polar surface area (TPSA) is 92.0 Å². The average molecular weight is 257 g/mol. The monoisotopic (exact) mass is 257 g/mol. The molecule has 0 saturated heterocycles. The minimum atomic E-state index is -0.821. The van der Waals surface area contributed by atoms with Gasteiger partial charge in [0, 0.05) is 12.0 Å². The van der Waals surface area contributed by atoms with Crippen molar-refractivity contribution in [2.45, 2.75) is 12.8 Å². The molecule has 0 unspecified atom stereocenters. The number of oxazole rings is 1. The SMILES string of the molecule is O=C(O)CCc1cn[nH]c1-c1ccc2ncoc2c1. The number of aliphatic carboxylic acids is 1. The number of hydrogen-bond donors (Lipinski definition) is 2. The minimum absolute atomic E-state index is 0.0804. The van der Waals surface area contributed by atoms with Crippen LogP contribution in [0.1, 0.15) is 12.0 Å². The second kappa shape index (κ2) is 4.56. The third-order valence-corrected chi connectivity index (χ3v) is 2.95. The van der Waals surface area contributed by atoms with E-state index in [0.717, 1.165) is 22.3 Å². The molecular weight excluding hydrogens is 246 g/mol. The van der Waals surface area contributed by atoms with Crippen molar-refractivity contribution < 1.29 is 14.3 Å². The lowest BCUT2D eigenvalue weighted by Crippen LogP contribution is -1.97. The molecule has 0 aliphatic heterocycles. The van der Waals surface area contributed by atoms with E-state index in [2.05, 4.69) is 15.2 Å². The zero-order chi connectivity index (χ0) is 13.2. The summed E-state index contributed by atoms with van der Waals surface area (Å²) in [5.74, 6) is -0.821. The second-order valence-electron chi connectivity index (χ2n) is 4.20. The van der Waals surface area contributed by atoms with Crippen LogP contribution in [-0.2, 0) is 11.2 Å². The van der Waals surface area contributed by atoms with Crippen molar-refractivity contribution in [3.05, 3.63) is 36.4 Å². The molecule has 6 nitrogen and oxygen atoms in total. The van der Waals surface area contributed by atoms with Crippen molar-refractivity contribution in [3.8, 4) is 11.3 Å². The number of rotatable bonds is 4. The van der Waals surface area contributed by atoms with E-state index in [1.807, 2.05) is 18.2 Å². The Morgan fingerprint density at radius 2 is 2.32 bits per heavy atom. The van der Waals surface area contributed by atoms with Crippen LogP contribution in [0.3, 0.4) is 0 Å². The van der Waals surface area contributed by atoms with E-state index < -0.39 is 5.97 Å². The van der Waals surface area contributed by atoms with Crippen LogP contribution in [0.5, 0.6) is 0 Å². The Kier molecular flexibility index (Phi) is 2.75. The highest BCUT2D eigenvalue weighted by Gasteiger charge is 2.10. The number of nitrogens with zero attached hydrogens (tertiary/aromatic N) is 2. The fourth-order valence-corrected chi connectivity index (χ4v) is 2.00. The number of aromatic amines is 1. The summed E-state index contributed by atoms with van der Waals surface area (Å²) in [5, 5.41) is 15.6. The van der Waals surface area contributed by atoms with Gasteiger partial charge in [-0.3, -0.25) is 9.89 Å². The Bertz CT molecular complexity index is 729. The summed E-state index contributed by atoms with van der Waals surface area (Å²) in [7, 11) is 0. The predicted molar refractivity (Wildman–Crippen MR) is 67.5 cm³/mol. The van der Waals surface area contributed by atoms with Crippen molar-refractivity contribution >= 4 is 17.1 Å². The van der Waals surface area contributed by atoms with Crippen molar-refractivity contribution in [1.82, 2.24) is 15.2 Å². The molecule has 0 atom stereocenters. The molecule has 2 aromatic heterocycles. The van der Waals surface area contributed by atoms with Crippen LogP contribution in [0.15, 0.2) is 35.2 Å². The summed E-state index contributed by atoms with van der Waals surface area (Å²) in [4.78, 5) is 14.7. The van der Waals surface area contributed by atoms with Gasteiger partial charge in [-0.05, 0) is 24.1 Å². The van der Waals surface area contributed by atoms with Crippen LogP contribution >= 0.6 is 0 Å². The van der Waals surface area contributed by atoms with E-state index in [4.69, 9.17) is 9.52 Å². The quantitative estimate of drug-likeness (QED) is 0.747. The fraction of sp³-hybridized carbons (Fsp3) is 0.154. The fourth-order valence-electron chi connectivity index (χ4n) is 2.00. The maximum atomic E-state index is 10.6. The molecule has 3 rings (SSSR count). The number of carbonyl (C=O) groups is 1. The van der Waals surface area contributed by atoms with Crippen LogP contribution in [0.25, 0.3) is 22.4 Å². The van der Waals surface area contributed by atoms with E-state index in [1.165, 1.54) is 6.39 Å². The van der Waals surface area contributed by atoms with E-state index in [-0.39, 0.29) is 6.42 Å². The van der Waals surface area contributed by atoms with E-state index in [9.17, 15) is 4.79 Å². The first kappa shape index (κ1) is 11.5. The molecule has 3 aromatic rings. The van der Waals surface area contributed by atoms with Gasteiger partial charge in [0.15, 0.2) is 12.0 Å². The summed E-state index contributed by atoms with van der Waals surface area (Å²) in [5.41, 5.74) is 4.08. The zero-order valence-electron chi connectivity index (χ0n) is 9.96. The lowest BCUT2D eigenvalue weighted by Gasteiger charge is -2.01. The molecule has 0 amide bonds. The summed E-state index contributed by atoms with van der Waals surface area (Å²) in [6, 6.07) is 5.62. The Hall–Kier alpha value is -2.63. The summed E-state index contributed by atoms with van der Waals surface area (Å²) >= 11 is 0. The predicted octanol–water partition coefficient (Wildman–Crippen LogP) is 2.24. The molecule has 0 aliphatic carbocycles. The lowest BCUT2D eigenvalue weighted by molar-refractivity contribution is -0.136. The Labute approximate surface area is 108 Å². The molecule has 2 N–H and O–H groups in total. The molecule has 96 valence electrons.